The van der Waals surface area contributed by atoms with Gasteiger partial charge in [-0.25, -0.2) is 4.68 Å². The molecule has 3 aromatic rings. The first-order chi connectivity index (χ1) is 11.6. The second kappa shape index (κ2) is 6.88. The topological polar surface area (TPSA) is 56.1 Å². The van der Waals surface area contributed by atoms with E-state index in [1.807, 2.05) is 49.4 Å². The molecule has 24 heavy (non-hydrogen) atoms. The fourth-order valence-electron chi connectivity index (χ4n) is 2.37. The molecule has 0 fully saturated rings. The third-order valence-electron chi connectivity index (χ3n) is 3.65. The third kappa shape index (κ3) is 3.33. The number of nitrogens with one attached hydrogen (secondary N) is 1. The van der Waals surface area contributed by atoms with Crippen LogP contribution in [0.3, 0.4) is 0 Å². The Hall–Kier alpha value is -2.60. The average molecular weight is 386 g/mol. The highest BCUT2D eigenvalue weighted by Crippen LogP contribution is 2.20. The Morgan fingerprint density at radius 3 is 2.67 bits per heavy atom. The van der Waals surface area contributed by atoms with Gasteiger partial charge in [0.05, 0.1) is 30.3 Å². The van der Waals surface area contributed by atoms with E-state index in [0.29, 0.717) is 17.0 Å². The Morgan fingerprint density at radius 2 is 1.96 bits per heavy atom. The maximum absolute atomic E-state index is 12.5. The molecule has 5 nitrogen and oxygen atoms in total. The molecule has 0 atom stereocenters. The number of hydrogen-bond acceptors (Lipinski definition) is 3. The number of amides is 1. The molecule has 2 aromatic carbocycles. The molecular formula is C18H16BrN3O2. The number of rotatable bonds is 4. The zero-order valence-electron chi connectivity index (χ0n) is 13.3. The Labute approximate surface area is 148 Å². The minimum Gasteiger partial charge on any atom is -0.497 e. The van der Waals surface area contributed by atoms with Crippen LogP contribution in [0.25, 0.3) is 5.69 Å². The quantitative estimate of drug-likeness (QED) is 0.731. The highest BCUT2D eigenvalue weighted by Gasteiger charge is 2.15. The zero-order chi connectivity index (χ0) is 17.1. The Morgan fingerprint density at radius 1 is 1.21 bits per heavy atom. The van der Waals surface area contributed by atoms with Crippen LogP contribution in [0.15, 0.2) is 59.2 Å². The number of carbonyl (C=O) groups is 1. The summed E-state index contributed by atoms with van der Waals surface area (Å²) in [4.78, 5) is 12.5. The Balaban J connectivity index is 1.84. The van der Waals surface area contributed by atoms with Gasteiger partial charge in [0.2, 0.25) is 0 Å². The summed E-state index contributed by atoms with van der Waals surface area (Å²) >= 11 is 3.41. The Bertz CT molecular complexity index is 872. The van der Waals surface area contributed by atoms with Gasteiger partial charge in [-0.05, 0) is 43.3 Å². The van der Waals surface area contributed by atoms with Crippen molar-refractivity contribution >= 4 is 27.5 Å². The molecule has 1 heterocycles. The lowest BCUT2D eigenvalue weighted by atomic mass is 10.2. The predicted octanol–water partition coefficient (Wildman–Crippen LogP) is 4.20. The van der Waals surface area contributed by atoms with E-state index in [1.54, 1.807) is 24.1 Å². The number of halogens is 1. The number of ether oxygens (including phenoxy) is 1. The van der Waals surface area contributed by atoms with Crippen LogP contribution in [-0.2, 0) is 0 Å². The number of nitrogens with zero attached hydrogens (tertiary/aromatic N) is 2. The monoisotopic (exact) mass is 385 g/mol. The Kier molecular flexibility index (Phi) is 4.66. The van der Waals surface area contributed by atoms with Crippen molar-refractivity contribution in [2.75, 3.05) is 12.4 Å². The molecule has 122 valence electrons. The van der Waals surface area contributed by atoms with E-state index in [0.717, 1.165) is 15.9 Å². The van der Waals surface area contributed by atoms with Gasteiger partial charge in [0.1, 0.15) is 5.75 Å². The maximum atomic E-state index is 12.5. The van der Waals surface area contributed by atoms with Crippen LogP contribution in [-0.4, -0.2) is 22.8 Å². The number of anilines is 1. The summed E-state index contributed by atoms with van der Waals surface area (Å²) in [7, 11) is 1.59. The smallest absolute Gasteiger partial charge is 0.259 e. The minimum atomic E-state index is -0.205. The summed E-state index contributed by atoms with van der Waals surface area (Å²) in [6, 6.07) is 15.0. The lowest BCUT2D eigenvalue weighted by Gasteiger charge is -2.08. The van der Waals surface area contributed by atoms with E-state index in [1.165, 1.54) is 0 Å². The zero-order valence-corrected chi connectivity index (χ0v) is 14.9. The molecule has 0 saturated carbocycles. The van der Waals surface area contributed by atoms with Crippen molar-refractivity contribution in [1.29, 1.82) is 0 Å². The van der Waals surface area contributed by atoms with E-state index in [-0.39, 0.29) is 5.91 Å². The molecular weight excluding hydrogens is 370 g/mol. The lowest BCUT2D eigenvalue weighted by molar-refractivity contribution is 0.102. The van der Waals surface area contributed by atoms with Crippen LogP contribution in [0, 0.1) is 6.92 Å². The van der Waals surface area contributed by atoms with Gasteiger partial charge >= 0.3 is 0 Å². The van der Waals surface area contributed by atoms with Crippen molar-refractivity contribution in [2.24, 2.45) is 0 Å². The highest BCUT2D eigenvalue weighted by molar-refractivity contribution is 9.10. The van der Waals surface area contributed by atoms with E-state index >= 15 is 0 Å². The van der Waals surface area contributed by atoms with Crippen LogP contribution < -0.4 is 10.1 Å². The average Bonchev–Trinajstić information content (AvgIpc) is 2.97. The lowest BCUT2D eigenvalue weighted by Crippen LogP contribution is -2.13. The van der Waals surface area contributed by atoms with Crippen LogP contribution in [0.5, 0.6) is 5.75 Å². The van der Waals surface area contributed by atoms with Gasteiger partial charge < -0.3 is 10.1 Å². The van der Waals surface area contributed by atoms with Gasteiger partial charge in [-0.1, -0.05) is 22.0 Å². The van der Waals surface area contributed by atoms with Crippen molar-refractivity contribution in [3.05, 3.63) is 70.5 Å². The molecule has 0 saturated heterocycles. The standard InChI is InChI=1S/C18H16BrN3O2/c1-12-17(11-20-22(12)15-8-6-13(19)7-9-15)18(23)21-14-4-3-5-16(10-14)24-2/h3-11H,1-2H3,(H,21,23). The molecule has 0 bridgehead atoms. The summed E-state index contributed by atoms with van der Waals surface area (Å²) in [5.41, 5.74) is 2.88. The first-order valence-electron chi connectivity index (χ1n) is 7.34. The van der Waals surface area contributed by atoms with Crippen LogP contribution >= 0.6 is 15.9 Å². The largest absolute Gasteiger partial charge is 0.497 e. The van der Waals surface area contributed by atoms with E-state index in [9.17, 15) is 4.79 Å². The summed E-state index contributed by atoms with van der Waals surface area (Å²) in [5.74, 6) is 0.485. The number of hydrogen-bond donors (Lipinski definition) is 1. The van der Waals surface area contributed by atoms with E-state index in [2.05, 4.69) is 26.3 Å². The molecule has 0 unspecified atom stereocenters. The molecule has 1 N–H and O–H groups in total. The first-order valence-corrected chi connectivity index (χ1v) is 8.14. The van der Waals surface area contributed by atoms with Crippen molar-refractivity contribution in [1.82, 2.24) is 9.78 Å². The second-order valence-electron chi connectivity index (χ2n) is 5.22. The molecule has 0 radical (unpaired) electrons. The van der Waals surface area contributed by atoms with Gasteiger partial charge in [0.25, 0.3) is 5.91 Å². The van der Waals surface area contributed by atoms with Crippen LogP contribution in [0.1, 0.15) is 16.1 Å². The molecule has 1 aromatic heterocycles. The SMILES string of the molecule is COc1cccc(NC(=O)c2cnn(-c3ccc(Br)cc3)c2C)c1. The van der Waals surface area contributed by atoms with Crippen molar-refractivity contribution in [2.45, 2.75) is 6.92 Å². The molecule has 6 heteroatoms. The minimum absolute atomic E-state index is 0.205. The van der Waals surface area contributed by atoms with Gasteiger partial charge in [-0.15, -0.1) is 0 Å². The van der Waals surface area contributed by atoms with Crippen LogP contribution in [0.2, 0.25) is 0 Å². The van der Waals surface area contributed by atoms with Crippen molar-refractivity contribution in [3.8, 4) is 11.4 Å². The highest BCUT2D eigenvalue weighted by atomic mass is 79.9. The number of benzene rings is 2. The predicted molar refractivity (Wildman–Crippen MR) is 96.9 cm³/mol. The van der Waals surface area contributed by atoms with Gasteiger partial charge in [0.15, 0.2) is 0 Å². The molecule has 0 aliphatic carbocycles. The van der Waals surface area contributed by atoms with Gasteiger partial charge in [-0.3, -0.25) is 4.79 Å². The molecule has 0 spiro atoms. The van der Waals surface area contributed by atoms with Gasteiger partial charge in [-0.2, -0.15) is 5.10 Å². The third-order valence-corrected chi connectivity index (χ3v) is 4.18. The number of aromatic nitrogens is 2. The molecule has 0 aliphatic rings. The van der Waals surface area contributed by atoms with Gasteiger partial charge in [0, 0.05) is 16.2 Å². The number of carbonyl (C=O) groups excluding carboxylic acids is 1. The summed E-state index contributed by atoms with van der Waals surface area (Å²) < 4.78 is 7.90. The fourth-order valence-corrected chi connectivity index (χ4v) is 2.64. The molecule has 0 aliphatic heterocycles. The van der Waals surface area contributed by atoms with E-state index < -0.39 is 0 Å². The van der Waals surface area contributed by atoms with Crippen LogP contribution in [0.4, 0.5) is 5.69 Å². The summed E-state index contributed by atoms with van der Waals surface area (Å²) in [5, 5.41) is 7.20. The molecule has 1 amide bonds. The fraction of sp³-hybridized carbons (Fsp3) is 0.111. The number of methoxy groups -OCH3 is 1. The maximum Gasteiger partial charge on any atom is 0.259 e. The summed E-state index contributed by atoms with van der Waals surface area (Å²) in [6.45, 7) is 1.87. The summed E-state index contributed by atoms with van der Waals surface area (Å²) in [6.07, 6.45) is 1.58. The first kappa shape index (κ1) is 16.3. The van der Waals surface area contributed by atoms with Crippen molar-refractivity contribution in [3.63, 3.8) is 0 Å². The van der Waals surface area contributed by atoms with E-state index in [4.69, 9.17) is 4.74 Å². The normalized spacial score (nSPS) is 10.5. The second-order valence-corrected chi connectivity index (χ2v) is 6.13. The molecule has 3 rings (SSSR count). The van der Waals surface area contributed by atoms with Crippen molar-refractivity contribution < 1.29 is 9.53 Å².